The van der Waals surface area contributed by atoms with Crippen molar-refractivity contribution in [1.29, 1.82) is 5.26 Å². The fraction of sp³-hybridized carbons (Fsp3) is 0.150. The van der Waals surface area contributed by atoms with Gasteiger partial charge in [0.2, 0.25) is 5.91 Å². The molecule has 2 aromatic carbocycles. The van der Waals surface area contributed by atoms with Gasteiger partial charge in [0.25, 0.3) is 5.91 Å². The molecule has 0 aliphatic rings. The van der Waals surface area contributed by atoms with Crippen LogP contribution in [0.25, 0.3) is 0 Å². The Balaban J connectivity index is 1.50. The van der Waals surface area contributed by atoms with Crippen LogP contribution in [0.5, 0.6) is 0 Å². The van der Waals surface area contributed by atoms with Gasteiger partial charge in [-0.15, -0.1) is 10.2 Å². The molecular formula is C20H17ClN6O2S. The van der Waals surface area contributed by atoms with Gasteiger partial charge in [0.05, 0.1) is 23.9 Å². The lowest BCUT2D eigenvalue weighted by Gasteiger charge is -2.07. The highest BCUT2D eigenvalue weighted by Crippen LogP contribution is 2.17. The van der Waals surface area contributed by atoms with Crippen LogP contribution in [-0.2, 0) is 18.4 Å². The highest BCUT2D eigenvalue weighted by molar-refractivity contribution is 7.99. The molecule has 2 amide bonds. The molecule has 10 heteroatoms. The average Bonchev–Trinajstić information content (AvgIpc) is 3.11. The summed E-state index contributed by atoms with van der Waals surface area (Å²) in [5, 5.41) is 23.6. The first-order valence-electron chi connectivity index (χ1n) is 8.81. The zero-order valence-electron chi connectivity index (χ0n) is 15.9. The molecule has 1 heterocycles. The van der Waals surface area contributed by atoms with E-state index in [0.717, 1.165) is 0 Å². The van der Waals surface area contributed by atoms with Gasteiger partial charge in [-0.3, -0.25) is 9.59 Å². The molecule has 0 aliphatic carbocycles. The molecule has 0 atom stereocenters. The summed E-state index contributed by atoms with van der Waals surface area (Å²) >= 11 is 7.06. The first-order chi connectivity index (χ1) is 14.5. The minimum Gasteiger partial charge on any atom is -0.345 e. The molecule has 2 N–H and O–H groups in total. The third kappa shape index (κ3) is 5.59. The maximum Gasteiger partial charge on any atom is 0.251 e. The number of carbonyl (C=O) groups excluding carboxylic acids is 2. The van der Waals surface area contributed by atoms with Crippen molar-refractivity contribution in [1.82, 2.24) is 20.1 Å². The highest BCUT2D eigenvalue weighted by Gasteiger charge is 2.13. The van der Waals surface area contributed by atoms with E-state index in [4.69, 9.17) is 16.9 Å². The molecule has 8 nitrogen and oxygen atoms in total. The summed E-state index contributed by atoms with van der Waals surface area (Å²) in [6.07, 6.45) is 0. The minimum absolute atomic E-state index is 0.142. The van der Waals surface area contributed by atoms with Gasteiger partial charge >= 0.3 is 0 Å². The quantitative estimate of drug-likeness (QED) is 0.546. The van der Waals surface area contributed by atoms with Crippen LogP contribution >= 0.6 is 23.4 Å². The molecule has 30 heavy (non-hydrogen) atoms. The Morgan fingerprint density at radius 2 is 1.83 bits per heavy atom. The van der Waals surface area contributed by atoms with Gasteiger partial charge in [-0.25, -0.2) is 0 Å². The second-order valence-corrected chi connectivity index (χ2v) is 7.55. The summed E-state index contributed by atoms with van der Waals surface area (Å²) in [5.41, 5.74) is 1.64. The lowest BCUT2D eigenvalue weighted by molar-refractivity contribution is -0.113. The Labute approximate surface area is 182 Å². The van der Waals surface area contributed by atoms with E-state index in [9.17, 15) is 9.59 Å². The van der Waals surface area contributed by atoms with Crippen LogP contribution in [0.4, 0.5) is 5.69 Å². The predicted molar refractivity (Wildman–Crippen MR) is 114 cm³/mol. The first-order valence-corrected chi connectivity index (χ1v) is 10.2. The molecule has 3 aromatic rings. The predicted octanol–water partition coefficient (Wildman–Crippen LogP) is 3.00. The Kier molecular flexibility index (Phi) is 7.06. The number of hydrogen-bond donors (Lipinski definition) is 2. The fourth-order valence-corrected chi connectivity index (χ4v) is 3.30. The van der Waals surface area contributed by atoms with Gasteiger partial charge in [-0.1, -0.05) is 23.4 Å². The molecule has 3 rings (SSSR count). The second-order valence-electron chi connectivity index (χ2n) is 6.17. The van der Waals surface area contributed by atoms with E-state index in [0.29, 0.717) is 32.8 Å². The standard InChI is InChI=1S/C20H17ClN6O2S/c1-27-17(11-23-19(29)14-4-6-15(21)7-5-14)25-26-20(27)30-12-18(28)24-16-8-2-13(10-22)3-9-16/h2-9H,11-12H2,1H3,(H,23,29)(H,24,28). The Bertz CT molecular complexity index is 1090. The van der Waals surface area contributed by atoms with Crippen LogP contribution in [0.1, 0.15) is 21.7 Å². The van der Waals surface area contributed by atoms with Crippen molar-refractivity contribution in [3.8, 4) is 6.07 Å². The Morgan fingerprint density at radius 3 is 2.50 bits per heavy atom. The number of carbonyl (C=O) groups is 2. The van der Waals surface area contributed by atoms with E-state index in [2.05, 4.69) is 20.8 Å². The largest absolute Gasteiger partial charge is 0.345 e. The van der Waals surface area contributed by atoms with Crippen molar-refractivity contribution in [2.75, 3.05) is 11.1 Å². The molecule has 0 radical (unpaired) electrons. The van der Waals surface area contributed by atoms with Crippen LogP contribution in [0, 0.1) is 11.3 Å². The Hall–Kier alpha value is -3.35. The number of nitrogens with zero attached hydrogens (tertiary/aromatic N) is 4. The molecule has 1 aromatic heterocycles. The highest BCUT2D eigenvalue weighted by atomic mass is 35.5. The summed E-state index contributed by atoms with van der Waals surface area (Å²) in [7, 11) is 1.77. The van der Waals surface area contributed by atoms with E-state index < -0.39 is 0 Å². The second kappa shape index (κ2) is 9.91. The zero-order valence-corrected chi connectivity index (χ0v) is 17.5. The number of nitriles is 1. The van der Waals surface area contributed by atoms with Crippen molar-refractivity contribution < 1.29 is 9.59 Å². The summed E-state index contributed by atoms with van der Waals surface area (Å²) < 4.78 is 1.72. The number of benzene rings is 2. The van der Waals surface area contributed by atoms with Crippen molar-refractivity contribution in [3.63, 3.8) is 0 Å². The molecule has 0 aliphatic heterocycles. The van der Waals surface area contributed by atoms with Crippen molar-refractivity contribution >= 4 is 40.9 Å². The monoisotopic (exact) mass is 440 g/mol. The van der Waals surface area contributed by atoms with E-state index >= 15 is 0 Å². The fourth-order valence-electron chi connectivity index (χ4n) is 2.44. The number of amides is 2. The zero-order chi connectivity index (χ0) is 21.5. The van der Waals surface area contributed by atoms with Crippen LogP contribution in [0.3, 0.4) is 0 Å². The van der Waals surface area contributed by atoms with Gasteiger partial charge < -0.3 is 15.2 Å². The maximum atomic E-state index is 12.2. The molecule has 0 saturated heterocycles. The smallest absolute Gasteiger partial charge is 0.251 e. The average molecular weight is 441 g/mol. The van der Waals surface area contributed by atoms with Crippen molar-refractivity contribution in [2.45, 2.75) is 11.7 Å². The summed E-state index contributed by atoms with van der Waals surface area (Å²) in [5.74, 6) is 0.256. The molecule has 0 bridgehead atoms. The van der Waals surface area contributed by atoms with Gasteiger partial charge in [0.15, 0.2) is 11.0 Å². The van der Waals surface area contributed by atoms with Crippen molar-refractivity contribution in [2.24, 2.45) is 7.05 Å². The number of rotatable bonds is 7. The molecule has 0 fully saturated rings. The number of aromatic nitrogens is 3. The summed E-state index contributed by atoms with van der Waals surface area (Å²) in [6.45, 7) is 0.197. The normalized spacial score (nSPS) is 10.3. The lowest BCUT2D eigenvalue weighted by Crippen LogP contribution is -2.24. The number of hydrogen-bond acceptors (Lipinski definition) is 6. The van der Waals surface area contributed by atoms with Crippen LogP contribution in [0.15, 0.2) is 53.7 Å². The van der Waals surface area contributed by atoms with Gasteiger partial charge in [0, 0.05) is 23.3 Å². The van der Waals surface area contributed by atoms with Gasteiger partial charge in [-0.05, 0) is 48.5 Å². The lowest BCUT2D eigenvalue weighted by atomic mass is 10.2. The number of nitrogens with one attached hydrogen (secondary N) is 2. The Morgan fingerprint density at radius 1 is 1.13 bits per heavy atom. The van der Waals surface area contributed by atoms with E-state index in [-0.39, 0.29) is 24.1 Å². The van der Waals surface area contributed by atoms with E-state index in [1.54, 1.807) is 60.1 Å². The third-order valence-electron chi connectivity index (χ3n) is 4.07. The summed E-state index contributed by atoms with van der Waals surface area (Å²) in [4.78, 5) is 24.3. The summed E-state index contributed by atoms with van der Waals surface area (Å²) in [6, 6.07) is 15.2. The van der Waals surface area contributed by atoms with Crippen molar-refractivity contribution in [3.05, 3.63) is 70.5 Å². The van der Waals surface area contributed by atoms with Gasteiger partial charge in [0.1, 0.15) is 0 Å². The van der Waals surface area contributed by atoms with Crippen LogP contribution < -0.4 is 10.6 Å². The molecule has 152 valence electrons. The van der Waals surface area contributed by atoms with Crippen LogP contribution in [-0.4, -0.2) is 32.3 Å². The molecule has 0 unspecified atom stereocenters. The number of thioether (sulfide) groups is 1. The van der Waals surface area contributed by atoms with Crippen LogP contribution in [0.2, 0.25) is 5.02 Å². The maximum absolute atomic E-state index is 12.2. The topological polar surface area (TPSA) is 113 Å². The minimum atomic E-state index is -0.245. The number of halogens is 1. The SMILES string of the molecule is Cn1c(CNC(=O)c2ccc(Cl)cc2)nnc1SCC(=O)Nc1ccc(C#N)cc1. The molecular weight excluding hydrogens is 424 g/mol. The third-order valence-corrected chi connectivity index (χ3v) is 5.34. The van der Waals surface area contributed by atoms with E-state index in [1.165, 1.54) is 11.8 Å². The molecule has 0 saturated carbocycles. The first kappa shape index (κ1) is 21.4. The van der Waals surface area contributed by atoms with E-state index in [1.807, 2.05) is 6.07 Å². The van der Waals surface area contributed by atoms with Gasteiger partial charge in [-0.2, -0.15) is 5.26 Å². The molecule has 0 spiro atoms. The number of anilines is 1.